The Balaban J connectivity index is 2.64. The minimum atomic E-state index is -0.634. The van der Waals surface area contributed by atoms with E-state index in [9.17, 15) is 19.7 Å². The van der Waals surface area contributed by atoms with E-state index in [0.717, 1.165) is 11.3 Å². The van der Waals surface area contributed by atoms with Crippen molar-refractivity contribution in [3.05, 3.63) is 38.0 Å². The molecule has 0 saturated heterocycles. The predicted molar refractivity (Wildman–Crippen MR) is 61.9 cm³/mol. The number of hydrogen-bond acceptors (Lipinski definition) is 5. The number of nitro groups is 1. The second-order valence-corrected chi connectivity index (χ2v) is 4.32. The van der Waals surface area contributed by atoms with E-state index in [2.05, 4.69) is 0 Å². The molecule has 0 spiro atoms. The molecule has 0 aliphatic rings. The van der Waals surface area contributed by atoms with Crippen LogP contribution >= 0.6 is 11.3 Å². The van der Waals surface area contributed by atoms with Crippen LogP contribution in [0, 0.1) is 10.1 Å². The molecule has 7 nitrogen and oxygen atoms in total. The van der Waals surface area contributed by atoms with Crippen molar-refractivity contribution in [3.8, 4) is 0 Å². The van der Waals surface area contributed by atoms with E-state index in [1.807, 2.05) is 0 Å². The van der Waals surface area contributed by atoms with Gasteiger partial charge >= 0.3 is 4.87 Å². The molecule has 2 rings (SSSR count). The van der Waals surface area contributed by atoms with Crippen LogP contribution in [-0.2, 0) is 11.3 Å². The van der Waals surface area contributed by atoms with Crippen LogP contribution in [0.2, 0.25) is 0 Å². The number of hydrogen-bond donors (Lipinski definition) is 1. The highest BCUT2D eigenvalue weighted by Crippen LogP contribution is 2.22. The molecule has 1 aromatic heterocycles. The van der Waals surface area contributed by atoms with Gasteiger partial charge in [-0.1, -0.05) is 11.3 Å². The summed E-state index contributed by atoms with van der Waals surface area (Å²) in [6, 6.07) is 4.03. The number of rotatable bonds is 3. The van der Waals surface area contributed by atoms with Crippen LogP contribution in [0.5, 0.6) is 0 Å². The molecular formula is C9H7N3O4S. The van der Waals surface area contributed by atoms with E-state index in [4.69, 9.17) is 5.73 Å². The van der Waals surface area contributed by atoms with Gasteiger partial charge in [0, 0.05) is 12.1 Å². The van der Waals surface area contributed by atoms with Crippen LogP contribution in [0.15, 0.2) is 23.0 Å². The van der Waals surface area contributed by atoms with Gasteiger partial charge in [-0.25, -0.2) is 0 Å². The van der Waals surface area contributed by atoms with E-state index in [1.54, 1.807) is 0 Å². The molecule has 8 heteroatoms. The maximum atomic E-state index is 11.6. The highest BCUT2D eigenvalue weighted by Gasteiger charge is 2.13. The van der Waals surface area contributed by atoms with Gasteiger partial charge in [-0.15, -0.1) is 0 Å². The number of nitrogens with two attached hydrogens (primary N) is 1. The van der Waals surface area contributed by atoms with Gasteiger partial charge < -0.3 is 5.73 Å². The number of amides is 1. The van der Waals surface area contributed by atoms with Crippen LogP contribution in [0.25, 0.3) is 10.2 Å². The molecule has 0 saturated carbocycles. The Morgan fingerprint density at radius 3 is 2.82 bits per heavy atom. The largest absolute Gasteiger partial charge is 0.368 e. The summed E-state index contributed by atoms with van der Waals surface area (Å²) in [6.07, 6.45) is 0. The summed E-state index contributed by atoms with van der Waals surface area (Å²) >= 11 is 0.847. The van der Waals surface area contributed by atoms with Crippen molar-refractivity contribution in [1.82, 2.24) is 4.57 Å². The van der Waals surface area contributed by atoms with Crippen molar-refractivity contribution >= 4 is 33.1 Å². The molecule has 2 N–H and O–H groups in total. The van der Waals surface area contributed by atoms with Gasteiger partial charge in [-0.2, -0.15) is 0 Å². The maximum Gasteiger partial charge on any atom is 0.308 e. The third-order valence-electron chi connectivity index (χ3n) is 2.18. The Labute approximate surface area is 98.2 Å². The molecule has 88 valence electrons. The summed E-state index contributed by atoms with van der Waals surface area (Å²) in [6.45, 7) is -0.226. The molecule has 1 heterocycles. The number of thiazole rings is 1. The number of fused-ring (bicyclic) bond motifs is 1. The lowest BCUT2D eigenvalue weighted by Crippen LogP contribution is -2.24. The smallest absolute Gasteiger partial charge is 0.308 e. The molecule has 0 aliphatic carbocycles. The molecule has 0 fully saturated rings. The average molecular weight is 253 g/mol. The summed E-state index contributed by atoms with van der Waals surface area (Å²) in [5.41, 5.74) is 5.40. The first kappa shape index (κ1) is 11.3. The number of aromatic nitrogens is 1. The summed E-state index contributed by atoms with van der Waals surface area (Å²) in [4.78, 5) is 32.0. The number of carbonyl (C=O) groups is 1. The van der Waals surface area contributed by atoms with Crippen LogP contribution < -0.4 is 10.6 Å². The summed E-state index contributed by atoms with van der Waals surface area (Å²) in [7, 11) is 0. The fraction of sp³-hybridized carbons (Fsp3) is 0.111. The summed E-state index contributed by atoms with van der Waals surface area (Å²) in [5.74, 6) is -0.634. The maximum absolute atomic E-state index is 11.6. The van der Waals surface area contributed by atoms with Crippen molar-refractivity contribution < 1.29 is 9.72 Å². The highest BCUT2D eigenvalue weighted by molar-refractivity contribution is 7.16. The predicted octanol–water partition coefficient (Wildman–Crippen LogP) is 0.456. The van der Waals surface area contributed by atoms with E-state index < -0.39 is 10.8 Å². The molecule has 0 radical (unpaired) electrons. The lowest BCUT2D eigenvalue weighted by atomic mass is 10.3. The van der Waals surface area contributed by atoms with Gasteiger partial charge in [0.25, 0.3) is 5.69 Å². The third-order valence-corrected chi connectivity index (χ3v) is 3.12. The second-order valence-electron chi connectivity index (χ2n) is 3.33. The van der Waals surface area contributed by atoms with E-state index in [-0.39, 0.29) is 17.1 Å². The second kappa shape index (κ2) is 3.98. The molecule has 1 aromatic carbocycles. The molecule has 17 heavy (non-hydrogen) atoms. The quantitative estimate of drug-likeness (QED) is 0.632. The first-order valence-electron chi connectivity index (χ1n) is 4.55. The third kappa shape index (κ3) is 2.02. The topological polar surface area (TPSA) is 108 Å². The zero-order chi connectivity index (χ0) is 12.6. The normalized spacial score (nSPS) is 10.6. The highest BCUT2D eigenvalue weighted by atomic mass is 32.1. The fourth-order valence-corrected chi connectivity index (χ4v) is 2.40. The molecule has 0 aliphatic heterocycles. The molecule has 0 unspecified atom stereocenters. The van der Waals surface area contributed by atoms with Crippen LogP contribution in [0.4, 0.5) is 5.69 Å². The molecule has 0 bridgehead atoms. The number of benzene rings is 1. The Hall–Kier alpha value is -2.22. The zero-order valence-electron chi connectivity index (χ0n) is 8.45. The Morgan fingerprint density at radius 1 is 1.53 bits per heavy atom. The molecule has 0 atom stereocenters. The zero-order valence-corrected chi connectivity index (χ0v) is 9.27. The number of nitrogens with zero attached hydrogens (tertiary/aromatic N) is 2. The van der Waals surface area contributed by atoms with E-state index >= 15 is 0 Å². The molecule has 2 aromatic rings. The SMILES string of the molecule is NC(=O)Cn1c(=O)sc2cc([N+](=O)[O-])ccc21. The first-order chi connectivity index (χ1) is 7.99. The number of primary amides is 1. The van der Waals surface area contributed by atoms with Crippen molar-refractivity contribution in [2.24, 2.45) is 5.73 Å². The standard InChI is InChI=1S/C9H7N3O4S/c10-8(13)4-11-6-2-1-5(12(15)16)3-7(6)17-9(11)14/h1-3H,4H2,(H2,10,13). The Morgan fingerprint density at radius 2 is 2.24 bits per heavy atom. The summed E-state index contributed by atoms with van der Waals surface area (Å²) < 4.78 is 1.66. The van der Waals surface area contributed by atoms with Crippen molar-refractivity contribution in [3.63, 3.8) is 0 Å². The van der Waals surface area contributed by atoms with Crippen molar-refractivity contribution in [1.29, 1.82) is 0 Å². The van der Waals surface area contributed by atoms with E-state index in [1.165, 1.54) is 22.8 Å². The number of nitro benzene ring substituents is 1. The minimum Gasteiger partial charge on any atom is -0.368 e. The minimum absolute atomic E-state index is 0.0926. The Bertz CT molecular complexity index is 672. The monoisotopic (exact) mass is 253 g/mol. The van der Waals surface area contributed by atoms with E-state index in [0.29, 0.717) is 10.2 Å². The van der Waals surface area contributed by atoms with Crippen LogP contribution in [-0.4, -0.2) is 15.4 Å². The first-order valence-corrected chi connectivity index (χ1v) is 5.37. The number of carbonyl (C=O) groups excluding carboxylic acids is 1. The number of non-ortho nitro benzene ring substituents is 1. The molecule has 1 amide bonds. The van der Waals surface area contributed by atoms with Gasteiger partial charge in [0.2, 0.25) is 5.91 Å². The van der Waals surface area contributed by atoms with Gasteiger partial charge in [0.15, 0.2) is 0 Å². The fourth-order valence-electron chi connectivity index (χ4n) is 1.47. The Kier molecular flexibility index (Phi) is 2.64. The van der Waals surface area contributed by atoms with Gasteiger partial charge in [-0.05, 0) is 6.07 Å². The average Bonchev–Trinajstić information content (AvgIpc) is 2.54. The van der Waals surface area contributed by atoms with Crippen molar-refractivity contribution in [2.45, 2.75) is 6.54 Å². The van der Waals surface area contributed by atoms with Crippen LogP contribution in [0.1, 0.15) is 0 Å². The van der Waals surface area contributed by atoms with Crippen LogP contribution in [0.3, 0.4) is 0 Å². The van der Waals surface area contributed by atoms with Crippen molar-refractivity contribution in [2.75, 3.05) is 0 Å². The van der Waals surface area contributed by atoms with Gasteiger partial charge in [0.05, 0.1) is 15.1 Å². The molecular weight excluding hydrogens is 246 g/mol. The van der Waals surface area contributed by atoms with Gasteiger partial charge in [0.1, 0.15) is 6.54 Å². The lowest BCUT2D eigenvalue weighted by Gasteiger charge is -1.99. The van der Waals surface area contributed by atoms with Gasteiger partial charge in [-0.3, -0.25) is 24.3 Å². The summed E-state index contributed by atoms with van der Waals surface area (Å²) in [5, 5.41) is 10.6. The lowest BCUT2D eigenvalue weighted by molar-refractivity contribution is -0.384.